The predicted octanol–water partition coefficient (Wildman–Crippen LogP) is 3.96. The molecular formula is C24H27N3O3. The third-order valence-electron chi connectivity index (χ3n) is 5.73. The van der Waals surface area contributed by atoms with Crippen LogP contribution in [0.5, 0.6) is 11.5 Å². The third kappa shape index (κ3) is 4.17. The van der Waals surface area contributed by atoms with Gasteiger partial charge in [0.1, 0.15) is 0 Å². The van der Waals surface area contributed by atoms with E-state index < -0.39 is 0 Å². The number of aromatic amines is 1. The summed E-state index contributed by atoms with van der Waals surface area (Å²) in [7, 11) is 3.20. The van der Waals surface area contributed by atoms with Gasteiger partial charge in [-0.2, -0.15) is 5.10 Å². The van der Waals surface area contributed by atoms with Gasteiger partial charge in [0.15, 0.2) is 11.5 Å². The molecule has 4 rings (SSSR count). The van der Waals surface area contributed by atoms with Crippen LogP contribution < -0.4 is 9.47 Å². The zero-order valence-electron chi connectivity index (χ0n) is 17.6. The quantitative estimate of drug-likeness (QED) is 0.674. The number of H-pyrrole nitrogens is 1. The van der Waals surface area contributed by atoms with Crippen molar-refractivity contribution in [1.82, 2.24) is 15.1 Å². The lowest BCUT2D eigenvalue weighted by Crippen LogP contribution is -2.29. The van der Waals surface area contributed by atoms with Crippen molar-refractivity contribution in [2.24, 2.45) is 0 Å². The second kappa shape index (κ2) is 8.61. The SMILES string of the molecule is COc1ccc(CC(=O)N2CC[C@H](c3cc(-c4ccc(C)cc4)n[nH]3)C2)cc1OC. The summed E-state index contributed by atoms with van der Waals surface area (Å²) in [5.41, 5.74) is 5.29. The highest BCUT2D eigenvalue weighted by Gasteiger charge is 2.28. The zero-order chi connectivity index (χ0) is 21.1. The van der Waals surface area contributed by atoms with Crippen molar-refractivity contribution < 1.29 is 14.3 Å². The maximum absolute atomic E-state index is 12.8. The summed E-state index contributed by atoms with van der Waals surface area (Å²) >= 11 is 0. The highest BCUT2D eigenvalue weighted by Crippen LogP contribution is 2.30. The van der Waals surface area contributed by atoms with Crippen molar-refractivity contribution in [1.29, 1.82) is 0 Å². The highest BCUT2D eigenvalue weighted by atomic mass is 16.5. The number of amides is 1. The summed E-state index contributed by atoms with van der Waals surface area (Å²) in [5.74, 6) is 1.72. The summed E-state index contributed by atoms with van der Waals surface area (Å²) in [6.45, 7) is 3.54. The van der Waals surface area contributed by atoms with Crippen molar-refractivity contribution in [3.8, 4) is 22.8 Å². The van der Waals surface area contributed by atoms with Gasteiger partial charge in [0.25, 0.3) is 0 Å². The van der Waals surface area contributed by atoms with Gasteiger partial charge in [-0.05, 0) is 37.1 Å². The molecule has 30 heavy (non-hydrogen) atoms. The van der Waals surface area contributed by atoms with Gasteiger partial charge < -0.3 is 14.4 Å². The molecule has 1 fully saturated rings. The van der Waals surface area contributed by atoms with Gasteiger partial charge in [-0.3, -0.25) is 9.89 Å². The van der Waals surface area contributed by atoms with E-state index in [0.29, 0.717) is 24.5 Å². The average Bonchev–Trinajstić information content (AvgIpc) is 3.44. The number of carbonyl (C=O) groups excluding carboxylic acids is 1. The van der Waals surface area contributed by atoms with E-state index >= 15 is 0 Å². The van der Waals surface area contributed by atoms with Crippen LogP contribution in [0.25, 0.3) is 11.3 Å². The van der Waals surface area contributed by atoms with Crippen LogP contribution in [0, 0.1) is 6.92 Å². The lowest BCUT2D eigenvalue weighted by atomic mass is 10.0. The van der Waals surface area contributed by atoms with E-state index in [-0.39, 0.29) is 11.8 Å². The van der Waals surface area contributed by atoms with Crippen LogP contribution in [0.1, 0.15) is 29.2 Å². The van der Waals surface area contributed by atoms with Gasteiger partial charge in [-0.1, -0.05) is 35.9 Å². The maximum Gasteiger partial charge on any atom is 0.227 e. The standard InChI is InChI=1S/C24H27N3O3/c1-16-4-7-18(8-5-16)20-14-21(26-25-20)19-10-11-27(15-19)24(28)13-17-6-9-22(29-2)23(12-17)30-3/h4-9,12,14,19H,10-11,13,15H2,1-3H3,(H,25,26)/t19-/m0/s1. The van der Waals surface area contributed by atoms with E-state index in [4.69, 9.17) is 9.47 Å². The Balaban J connectivity index is 1.40. The minimum absolute atomic E-state index is 0.128. The first-order chi connectivity index (χ1) is 14.6. The molecule has 0 bridgehead atoms. The summed E-state index contributed by atoms with van der Waals surface area (Å²) in [6.07, 6.45) is 1.29. The first kappa shape index (κ1) is 20.0. The number of hydrogen-bond acceptors (Lipinski definition) is 4. The number of methoxy groups -OCH3 is 2. The number of nitrogens with zero attached hydrogens (tertiary/aromatic N) is 2. The molecule has 1 amide bonds. The Morgan fingerprint density at radius 1 is 1.10 bits per heavy atom. The molecule has 2 aromatic carbocycles. The van der Waals surface area contributed by atoms with Crippen LogP contribution in [0.4, 0.5) is 0 Å². The predicted molar refractivity (Wildman–Crippen MR) is 116 cm³/mol. The monoisotopic (exact) mass is 405 g/mol. The minimum Gasteiger partial charge on any atom is -0.493 e. The lowest BCUT2D eigenvalue weighted by Gasteiger charge is -2.17. The molecule has 0 saturated carbocycles. The number of nitrogens with one attached hydrogen (secondary N) is 1. The second-order valence-corrected chi connectivity index (χ2v) is 7.77. The number of carbonyl (C=O) groups is 1. The molecule has 0 spiro atoms. The van der Waals surface area contributed by atoms with Gasteiger partial charge in [-0.15, -0.1) is 0 Å². The molecule has 0 unspecified atom stereocenters. The topological polar surface area (TPSA) is 67.5 Å². The molecule has 2 heterocycles. The molecular weight excluding hydrogens is 378 g/mol. The highest BCUT2D eigenvalue weighted by molar-refractivity contribution is 5.79. The van der Waals surface area contributed by atoms with Gasteiger partial charge in [0.05, 0.1) is 26.3 Å². The van der Waals surface area contributed by atoms with Crippen molar-refractivity contribution in [2.75, 3.05) is 27.3 Å². The number of ether oxygens (including phenoxy) is 2. The summed E-state index contributed by atoms with van der Waals surface area (Å²) in [5, 5.41) is 7.66. The Kier molecular flexibility index (Phi) is 5.74. The molecule has 1 aliphatic heterocycles. The molecule has 6 heteroatoms. The zero-order valence-corrected chi connectivity index (χ0v) is 17.6. The van der Waals surface area contributed by atoms with Crippen molar-refractivity contribution in [3.05, 3.63) is 65.4 Å². The number of aromatic nitrogens is 2. The molecule has 0 aliphatic carbocycles. The van der Waals surface area contributed by atoms with E-state index in [1.54, 1.807) is 14.2 Å². The second-order valence-electron chi connectivity index (χ2n) is 7.77. The van der Waals surface area contributed by atoms with Crippen LogP contribution in [-0.4, -0.2) is 48.3 Å². The molecule has 156 valence electrons. The number of rotatable bonds is 6. The molecule has 1 saturated heterocycles. The summed E-state index contributed by atoms with van der Waals surface area (Å²) < 4.78 is 10.6. The van der Waals surface area contributed by atoms with E-state index in [1.165, 1.54) is 5.56 Å². The van der Waals surface area contributed by atoms with Crippen molar-refractivity contribution >= 4 is 5.91 Å². The molecule has 1 N–H and O–H groups in total. The summed E-state index contributed by atoms with van der Waals surface area (Å²) in [4.78, 5) is 14.8. The fourth-order valence-electron chi connectivity index (χ4n) is 3.94. The van der Waals surface area contributed by atoms with Gasteiger partial charge in [0, 0.05) is 30.3 Å². The van der Waals surface area contributed by atoms with Gasteiger partial charge in [0.2, 0.25) is 5.91 Å². The van der Waals surface area contributed by atoms with E-state index in [0.717, 1.165) is 35.5 Å². The first-order valence-corrected chi connectivity index (χ1v) is 10.2. The van der Waals surface area contributed by atoms with Crippen LogP contribution in [0.2, 0.25) is 0 Å². The molecule has 1 aromatic heterocycles. The summed E-state index contributed by atoms with van der Waals surface area (Å²) in [6, 6.07) is 16.1. The Morgan fingerprint density at radius 2 is 1.87 bits per heavy atom. The smallest absolute Gasteiger partial charge is 0.227 e. The minimum atomic E-state index is 0.128. The van der Waals surface area contributed by atoms with Crippen LogP contribution >= 0.6 is 0 Å². The Bertz CT molecular complexity index is 1030. The van der Waals surface area contributed by atoms with Crippen LogP contribution in [-0.2, 0) is 11.2 Å². The van der Waals surface area contributed by atoms with Crippen molar-refractivity contribution in [3.63, 3.8) is 0 Å². The largest absolute Gasteiger partial charge is 0.493 e. The average molecular weight is 405 g/mol. The van der Waals surface area contributed by atoms with Crippen LogP contribution in [0.15, 0.2) is 48.5 Å². The Labute approximate surface area is 176 Å². The van der Waals surface area contributed by atoms with E-state index in [9.17, 15) is 4.79 Å². The fourth-order valence-corrected chi connectivity index (χ4v) is 3.94. The van der Waals surface area contributed by atoms with E-state index in [1.807, 2.05) is 23.1 Å². The van der Waals surface area contributed by atoms with E-state index in [2.05, 4.69) is 47.5 Å². The first-order valence-electron chi connectivity index (χ1n) is 10.2. The van der Waals surface area contributed by atoms with Gasteiger partial charge >= 0.3 is 0 Å². The normalized spacial score (nSPS) is 16.0. The molecule has 1 atom stereocenters. The number of benzene rings is 2. The maximum atomic E-state index is 12.8. The number of aryl methyl sites for hydroxylation is 1. The van der Waals surface area contributed by atoms with Crippen LogP contribution in [0.3, 0.4) is 0 Å². The number of hydrogen-bond donors (Lipinski definition) is 1. The lowest BCUT2D eigenvalue weighted by molar-refractivity contribution is -0.129. The molecule has 6 nitrogen and oxygen atoms in total. The van der Waals surface area contributed by atoms with Gasteiger partial charge in [-0.25, -0.2) is 0 Å². The molecule has 1 aliphatic rings. The fraction of sp³-hybridized carbons (Fsp3) is 0.333. The Hall–Kier alpha value is -3.28. The number of likely N-dealkylation sites (tertiary alicyclic amines) is 1. The Morgan fingerprint density at radius 3 is 2.60 bits per heavy atom. The molecule has 3 aromatic rings. The van der Waals surface area contributed by atoms with Crippen molar-refractivity contribution in [2.45, 2.75) is 25.7 Å². The molecule has 0 radical (unpaired) electrons. The third-order valence-corrected chi connectivity index (χ3v) is 5.73.